The van der Waals surface area contributed by atoms with Crippen molar-refractivity contribution >= 4 is 11.6 Å². The molecule has 2 aromatic carbocycles. The summed E-state index contributed by atoms with van der Waals surface area (Å²) >= 11 is 0. The fourth-order valence-corrected chi connectivity index (χ4v) is 2.76. The monoisotopic (exact) mass is 382 g/mol. The normalized spacial score (nSPS) is 10.4. The van der Waals surface area contributed by atoms with Gasteiger partial charge < -0.3 is 23.6 Å². The highest BCUT2D eigenvalue weighted by molar-refractivity contribution is 5.94. The van der Waals surface area contributed by atoms with Gasteiger partial charge in [0.1, 0.15) is 5.75 Å². The van der Waals surface area contributed by atoms with E-state index >= 15 is 0 Å². The lowest BCUT2D eigenvalue weighted by molar-refractivity contribution is -0.117. The molecule has 0 aliphatic carbocycles. The summed E-state index contributed by atoms with van der Waals surface area (Å²) in [6, 6.07) is 14.5. The third-order valence-electron chi connectivity index (χ3n) is 4.37. The predicted octanol–water partition coefficient (Wildman–Crippen LogP) is 3.57. The van der Waals surface area contributed by atoms with Crippen molar-refractivity contribution in [3.8, 4) is 28.6 Å². The average molecular weight is 382 g/mol. The van der Waals surface area contributed by atoms with E-state index in [9.17, 15) is 4.79 Å². The van der Waals surface area contributed by atoms with Crippen LogP contribution in [-0.4, -0.2) is 39.4 Å². The van der Waals surface area contributed by atoms with E-state index < -0.39 is 0 Å². The van der Waals surface area contributed by atoms with Gasteiger partial charge in [-0.05, 0) is 24.3 Å². The number of carbonyl (C=O) groups is 1. The fraction of sp³-hybridized carbons (Fsp3) is 0.238. The molecule has 28 heavy (non-hydrogen) atoms. The maximum atomic E-state index is 12.7. The molecule has 3 rings (SSSR count). The molecule has 1 aromatic heterocycles. The van der Waals surface area contributed by atoms with Gasteiger partial charge in [0.2, 0.25) is 5.91 Å². The second-order valence-corrected chi connectivity index (χ2v) is 6.08. The van der Waals surface area contributed by atoms with E-state index in [4.69, 9.17) is 18.7 Å². The van der Waals surface area contributed by atoms with Gasteiger partial charge >= 0.3 is 0 Å². The van der Waals surface area contributed by atoms with Crippen molar-refractivity contribution in [1.82, 2.24) is 5.16 Å². The number of likely N-dealkylation sites (N-methyl/N-ethyl adjacent to an activating group) is 1. The Morgan fingerprint density at radius 2 is 1.79 bits per heavy atom. The van der Waals surface area contributed by atoms with Gasteiger partial charge in [0.25, 0.3) is 0 Å². The topological polar surface area (TPSA) is 74.0 Å². The zero-order chi connectivity index (χ0) is 20.1. The van der Waals surface area contributed by atoms with Gasteiger partial charge in [0.05, 0.1) is 33.4 Å². The maximum absolute atomic E-state index is 12.7. The minimum absolute atomic E-state index is 0.109. The first-order chi connectivity index (χ1) is 13.5. The van der Waals surface area contributed by atoms with Crippen molar-refractivity contribution in [2.45, 2.75) is 6.42 Å². The van der Waals surface area contributed by atoms with Gasteiger partial charge in [-0.1, -0.05) is 17.3 Å². The summed E-state index contributed by atoms with van der Waals surface area (Å²) in [5.41, 5.74) is 2.08. The van der Waals surface area contributed by atoms with E-state index in [0.29, 0.717) is 28.6 Å². The van der Waals surface area contributed by atoms with Crippen molar-refractivity contribution < 1.29 is 23.5 Å². The molecule has 146 valence electrons. The average Bonchev–Trinajstić information content (AvgIpc) is 3.21. The number of ether oxygens (including phenoxy) is 3. The highest BCUT2D eigenvalue weighted by Gasteiger charge is 2.17. The molecule has 1 heterocycles. The number of rotatable bonds is 7. The van der Waals surface area contributed by atoms with Gasteiger partial charge in [0.15, 0.2) is 17.3 Å². The third kappa shape index (κ3) is 4.09. The van der Waals surface area contributed by atoms with Gasteiger partial charge in [-0.2, -0.15) is 0 Å². The van der Waals surface area contributed by atoms with Crippen LogP contribution < -0.4 is 19.1 Å². The molecule has 0 saturated carbocycles. The molecule has 0 unspecified atom stereocenters. The molecule has 0 spiro atoms. The number of anilines is 1. The van der Waals surface area contributed by atoms with E-state index in [1.165, 1.54) is 0 Å². The Bertz CT molecular complexity index is 967. The maximum Gasteiger partial charge on any atom is 0.232 e. The second-order valence-electron chi connectivity index (χ2n) is 6.08. The van der Waals surface area contributed by atoms with Crippen LogP contribution in [0.15, 0.2) is 53.1 Å². The van der Waals surface area contributed by atoms with Crippen LogP contribution in [0.25, 0.3) is 11.3 Å². The van der Waals surface area contributed by atoms with Gasteiger partial charge in [-0.25, -0.2) is 0 Å². The third-order valence-corrected chi connectivity index (χ3v) is 4.37. The number of methoxy groups -OCH3 is 3. The minimum atomic E-state index is -0.127. The molecule has 0 aliphatic rings. The quantitative estimate of drug-likeness (QED) is 0.622. The van der Waals surface area contributed by atoms with Crippen molar-refractivity contribution in [3.63, 3.8) is 0 Å². The van der Waals surface area contributed by atoms with Gasteiger partial charge in [-0.15, -0.1) is 0 Å². The molecule has 0 saturated heterocycles. The van der Waals surface area contributed by atoms with Crippen LogP contribution in [0.3, 0.4) is 0 Å². The van der Waals surface area contributed by atoms with Crippen molar-refractivity contribution in [2.24, 2.45) is 0 Å². The Balaban J connectivity index is 1.73. The first kappa shape index (κ1) is 19.3. The molecule has 0 atom stereocenters. The molecule has 3 aromatic rings. The summed E-state index contributed by atoms with van der Waals surface area (Å²) in [5.74, 6) is 2.33. The summed E-state index contributed by atoms with van der Waals surface area (Å²) in [6.07, 6.45) is 0.109. The summed E-state index contributed by atoms with van der Waals surface area (Å²) in [4.78, 5) is 14.2. The molecule has 0 N–H and O–H groups in total. The molecular formula is C21H22N2O5. The predicted molar refractivity (Wildman–Crippen MR) is 105 cm³/mol. The molecule has 0 fully saturated rings. The summed E-state index contributed by atoms with van der Waals surface area (Å²) < 4.78 is 21.1. The van der Waals surface area contributed by atoms with Crippen LogP contribution in [0.1, 0.15) is 5.69 Å². The van der Waals surface area contributed by atoms with Gasteiger partial charge in [-0.3, -0.25) is 4.79 Å². The zero-order valence-electron chi connectivity index (χ0n) is 16.3. The van der Waals surface area contributed by atoms with Crippen LogP contribution in [-0.2, 0) is 11.2 Å². The molecule has 1 amide bonds. The Kier molecular flexibility index (Phi) is 5.84. The SMILES string of the molecule is COc1cccc(-c2cc(CC(=O)N(C)c3ccc(OC)c(OC)c3)no2)c1. The number of benzene rings is 2. The summed E-state index contributed by atoms with van der Waals surface area (Å²) in [5, 5.41) is 4.02. The highest BCUT2D eigenvalue weighted by atomic mass is 16.5. The number of hydrogen-bond acceptors (Lipinski definition) is 6. The van der Waals surface area contributed by atoms with Crippen molar-refractivity contribution in [1.29, 1.82) is 0 Å². The number of aromatic nitrogens is 1. The minimum Gasteiger partial charge on any atom is -0.497 e. The van der Waals surface area contributed by atoms with Crippen molar-refractivity contribution in [3.05, 3.63) is 54.2 Å². The van der Waals surface area contributed by atoms with Crippen LogP contribution in [0, 0.1) is 0 Å². The van der Waals surface area contributed by atoms with E-state index in [-0.39, 0.29) is 12.3 Å². The van der Waals surface area contributed by atoms with Crippen LogP contribution in [0.4, 0.5) is 5.69 Å². The lowest BCUT2D eigenvalue weighted by Crippen LogP contribution is -2.27. The Morgan fingerprint density at radius 3 is 2.50 bits per heavy atom. The van der Waals surface area contributed by atoms with E-state index in [1.54, 1.807) is 57.5 Å². The largest absolute Gasteiger partial charge is 0.497 e. The van der Waals surface area contributed by atoms with Crippen LogP contribution in [0.2, 0.25) is 0 Å². The van der Waals surface area contributed by atoms with E-state index in [0.717, 1.165) is 11.3 Å². The standard InChI is InChI=1S/C21H22N2O5/c1-23(16-8-9-18(26-3)20(13-16)27-4)21(24)12-15-11-19(28-22-15)14-6-5-7-17(10-14)25-2/h5-11,13H,12H2,1-4H3. The van der Waals surface area contributed by atoms with Crippen LogP contribution in [0.5, 0.6) is 17.2 Å². The van der Waals surface area contributed by atoms with E-state index in [1.807, 2.05) is 24.3 Å². The molecule has 0 radical (unpaired) electrons. The molecule has 0 aliphatic heterocycles. The summed E-state index contributed by atoms with van der Waals surface area (Å²) in [6.45, 7) is 0. The van der Waals surface area contributed by atoms with Crippen molar-refractivity contribution in [2.75, 3.05) is 33.3 Å². The first-order valence-corrected chi connectivity index (χ1v) is 8.64. The number of carbonyl (C=O) groups excluding carboxylic acids is 1. The van der Waals surface area contributed by atoms with E-state index in [2.05, 4.69) is 5.16 Å². The lowest BCUT2D eigenvalue weighted by atomic mass is 10.1. The Hall–Kier alpha value is -3.48. The smallest absolute Gasteiger partial charge is 0.232 e. The summed E-state index contributed by atoms with van der Waals surface area (Å²) in [7, 11) is 6.43. The molecule has 0 bridgehead atoms. The second kappa shape index (κ2) is 8.47. The van der Waals surface area contributed by atoms with Crippen LogP contribution >= 0.6 is 0 Å². The highest BCUT2D eigenvalue weighted by Crippen LogP contribution is 2.31. The zero-order valence-corrected chi connectivity index (χ0v) is 16.3. The number of nitrogens with zero attached hydrogens (tertiary/aromatic N) is 2. The number of hydrogen-bond donors (Lipinski definition) is 0. The Morgan fingerprint density at radius 1 is 1.00 bits per heavy atom. The first-order valence-electron chi connectivity index (χ1n) is 8.64. The molecule has 7 nitrogen and oxygen atoms in total. The number of amides is 1. The fourth-order valence-electron chi connectivity index (χ4n) is 2.76. The lowest BCUT2D eigenvalue weighted by Gasteiger charge is -2.18. The molecular weight excluding hydrogens is 360 g/mol. The Labute approximate surface area is 163 Å². The van der Waals surface area contributed by atoms with Gasteiger partial charge in [0, 0.05) is 30.4 Å². The molecule has 7 heteroatoms.